The van der Waals surface area contributed by atoms with Gasteiger partial charge in [0.15, 0.2) is 0 Å². The first kappa shape index (κ1) is 35.4. The van der Waals surface area contributed by atoms with E-state index in [1.807, 2.05) is 0 Å². The zero-order valence-corrected chi connectivity index (χ0v) is 23.3. The van der Waals surface area contributed by atoms with Crippen molar-refractivity contribution >= 4 is 23.7 Å². The van der Waals surface area contributed by atoms with Crippen LogP contribution in [-0.2, 0) is 19.2 Å². The summed E-state index contributed by atoms with van der Waals surface area (Å²) in [6.07, 6.45) is 16.7. The van der Waals surface area contributed by atoms with Gasteiger partial charge in [0.2, 0.25) is 17.7 Å². The lowest BCUT2D eigenvalue weighted by atomic mass is 10.0. The Bertz CT molecular complexity index is 727. The number of carbonyl (C=O) groups excluding carboxylic acids is 3. The molecule has 0 aromatic carbocycles. The van der Waals surface area contributed by atoms with Gasteiger partial charge in [0.1, 0.15) is 6.04 Å². The van der Waals surface area contributed by atoms with Crippen LogP contribution in [0, 0.1) is 0 Å². The molecule has 218 valence electrons. The fourth-order valence-corrected chi connectivity index (χ4v) is 4.24. The van der Waals surface area contributed by atoms with Crippen LogP contribution in [0.4, 0.5) is 0 Å². The standard InChI is InChI=1S/C27H50N6O5/c1-2-3-4-5-6-7-8-9-10-11-12-13-14-18-24(34)30-23(19-20-25(35)36)26(37)31-22(17-15-16-21-28)27(38)32-33-29/h22-23H,2-21,28H2,1H3,(H,30,34)(H,31,37)(H,35,36)/t22-,23-/m0/s1. The second-order valence-electron chi connectivity index (χ2n) is 9.92. The third kappa shape index (κ3) is 20.4. The third-order valence-corrected chi connectivity index (χ3v) is 6.51. The Labute approximate surface area is 227 Å². The van der Waals surface area contributed by atoms with Crippen molar-refractivity contribution in [3.63, 3.8) is 0 Å². The molecule has 0 aliphatic carbocycles. The molecule has 0 aliphatic rings. The van der Waals surface area contributed by atoms with Gasteiger partial charge in [-0.3, -0.25) is 19.2 Å². The molecular formula is C27H50N6O5. The summed E-state index contributed by atoms with van der Waals surface area (Å²) in [6.45, 7) is 2.64. The van der Waals surface area contributed by atoms with Crippen molar-refractivity contribution in [2.75, 3.05) is 6.54 Å². The molecule has 0 radical (unpaired) electrons. The van der Waals surface area contributed by atoms with Crippen molar-refractivity contribution in [2.45, 2.75) is 141 Å². The number of nitrogens with zero attached hydrogens (tertiary/aromatic N) is 3. The number of hydrogen-bond acceptors (Lipinski definition) is 5. The van der Waals surface area contributed by atoms with Crippen molar-refractivity contribution in [3.8, 4) is 0 Å². The number of carboxylic acids is 1. The molecule has 0 saturated carbocycles. The Kier molecular flexibility index (Phi) is 23.0. The van der Waals surface area contributed by atoms with E-state index in [-0.39, 0.29) is 31.6 Å². The highest BCUT2D eigenvalue weighted by Crippen LogP contribution is 2.13. The van der Waals surface area contributed by atoms with Gasteiger partial charge < -0.3 is 21.5 Å². The lowest BCUT2D eigenvalue weighted by molar-refractivity contribution is -0.138. The number of azide groups is 1. The molecule has 0 spiro atoms. The fourth-order valence-electron chi connectivity index (χ4n) is 4.24. The van der Waals surface area contributed by atoms with Crippen LogP contribution in [0.25, 0.3) is 10.4 Å². The molecule has 0 unspecified atom stereocenters. The second-order valence-corrected chi connectivity index (χ2v) is 9.92. The van der Waals surface area contributed by atoms with E-state index in [1.165, 1.54) is 57.8 Å². The van der Waals surface area contributed by atoms with Crippen molar-refractivity contribution in [3.05, 3.63) is 10.4 Å². The van der Waals surface area contributed by atoms with E-state index < -0.39 is 29.9 Å². The van der Waals surface area contributed by atoms with E-state index in [4.69, 9.17) is 16.4 Å². The van der Waals surface area contributed by atoms with Crippen LogP contribution in [0.15, 0.2) is 5.11 Å². The minimum atomic E-state index is -1.10. The molecular weight excluding hydrogens is 488 g/mol. The summed E-state index contributed by atoms with van der Waals surface area (Å²) in [5, 5.41) is 17.2. The first-order valence-electron chi connectivity index (χ1n) is 14.5. The maximum absolute atomic E-state index is 12.8. The topological polar surface area (TPSA) is 187 Å². The van der Waals surface area contributed by atoms with Gasteiger partial charge in [0.05, 0.1) is 6.04 Å². The predicted octanol–water partition coefficient (Wildman–Crippen LogP) is 5.27. The van der Waals surface area contributed by atoms with Crippen LogP contribution in [0.2, 0.25) is 0 Å². The van der Waals surface area contributed by atoms with Gasteiger partial charge in [-0.15, -0.1) is 0 Å². The Morgan fingerprint density at radius 2 is 1.32 bits per heavy atom. The Hall–Kier alpha value is -2.65. The zero-order chi connectivity index (χ0) is 28.4. The first-order valence-corrected chi connectivity index (χ1v) is 14.5. The van der Waals surface area contributed by atoms with Gasteiger partial charge in [0, 0.05) is 17.8 Å². The molecule has 3 amide bonds. The normalized spacial score (nSPS) is 12.3. The summed E-state index contributed by atoms with van der Waals surface area (Å²) in [7, 11) is 0. The smallest absolute Gasteiger partial charge is 0.303 e. The molecule has 0 aromatic heterocycles. The van der Waals surface area contributed by atoms with Crippen LogP contribution in [0.3, 0.4) is 0 Å². The maximum atomic E-state index is 12.8. The lowest BCUT2D eigenvalue weighted by Gasteiger charge is -2.21. The summed E-state index contributed by atoms with van der Waals surface area (Å²) in [5.41, 5.74) is 14.0. The minimum Gasteiger partial charge on any atom is -0.481 e. The number of amides is 3. The summed E-state index contributed by atoms with van der Waals surface area (Å²) in [6, 6.07) is -2.16. The second kappa shape index (κ2) is 24.7. The van der Waals surface area contributed by atoms with E-state index in [0.717, 1.165) is 19.3 Å². The van der Waals surface area contributed by atoms with Crippen LogP contribution >= 0.6 is 0 Å². The number of aliphatic carboxylic acids is 1. The fraction of sp³-hybridized carbons (Fsp3) is 0.852. The zero-order valence-electron chi connectivity index (χ0n) is 23.3. The first-order chi connectivity index (χ1) is 18.3. The number of nitrogens with one attached hydrogen (secondary N) is 2. The Balaban J connectivity index is 4.44. The molecule has 0 heterocycles. The largest absolute Gasteiger partial charge is 0.481 e. The van der Waals surface area contributed by atoms with Gasteiger partial charge >= 0.3 is 5.97 Å². The summed E-state index contributed by atoms with van der Waals surface area (Å²) in [4.78, 5) is 50.9. The number of carbonyl (C=O) groups is 4. The highest BCUT2D eigenvalue weighted by Gasteiger charge is 2.26. The van der Waals surface area contributed by atoms with E-state index >= 15 is 0 Å². The summed E-state index contributed by atoms with van der Waals surface area (Å²) in [5.74, 6) is -2.95. The Morgan fingerprint density at radius 1 is 0.763 bits per heavy atom. The molecule has 0 rings (SSSR count). The van der Waals surface area contributed by atoms with Gasteiger partial charge in [-0.25, -0.2) is 0 Å². The Morgan fingerprint density at radius 3 is 1.82 bits per heavy atom. The molecule has 0 aliphatic heterocycles. The monoisotopic (exact) mass is 538 g/mol. The summed E-state index contributed by atoms with van der Waals surface area (Å²) < 4.78 is 0. The van der Waals surface area contributed by atoms with Crippen molar-refractivity contribution in [1.82, 2.24) is 10.6 Å². The van der Waals surface area contributed by atoms with E-state index in [1.54, 1.807) is 0 Å². The van der Waals surface area contributed by atoms with Gasteiger partial charge in [-0.1, -0.05) is 84.0 Å². The SMILES string of the molecule is CCCCCCCCCCCCCCCC(=O)N[C@@H](CCC(=O)O)C(=O)N[C@@H](CCCCN)C(=O)N=[N+]=[N-]. The van der Waals surface area contributed by atoms with E-state index in [2.05, 4.69) is 27.6 Å². The van der Waals surface area contributed by atoms with Crippen LogP contribution in [-0.4, -0.2) is 47.4 Å². The molecule has 11 heteroatoms. The molecule has 2 atom stereocenters. The maximum Gasteiger partial charge on any atom is 0.303 e. The van der Waals surface area contributed by atoms with Crippen molar-refractivity contribution in [1.29, 1.82) is 0 Å². The van der Waals surface area contributed by atoms with Crippen LogP contribution in [0.1, 0.15) is 129 Å². The molecule has 0 aromatic rings. The molecule has 0 bridgehead atoms. The number of unbranched alkanes of at least 4 members (excludes halogenated alkanes) is 13. The quantitative estimate of drug-likeness (QED) is 0.0530. The van der Waals surface area contributed by atoms with E-state index in [0.29, 0.717) is 25.8 Å². The number of rotatable bonds is 25. The molecule has 0 fully saturated rings. The van der Waals surface area contributed by atoms with Gasteiger partial charge in [-0.05, 0) is 49.3 Å². The van der Waals surface area contributed by atoms with E-state index in [9.17, 15) is 19.2 Å². The number of nitrogens with two attached hydrogens (primary N) is 1. The summed E-state index contributed by atoms with van der Waals surface area (Å²) >= 11 is 0. The van der Waals surface area contributed by atoms with Gasteiger partial charge in [0.25, 0.3) is 0 Å². The van der Waals surface area contributed by atoms with Crippen molar-refractivity contribution < 1.29 is 24.3 Å². The molecule has 11 nitrogen and oxygen atoms in total. The predicted molar refractivity (Wildman–Crippen MR) is 148 cm³/mol. The molecule has 0 saturated heterocycles. The van der Waals surface area contributed by atoms with Crippen molar-refractivity contribution in [2.24, 2.45) is 10.8 Å². The average Bonchev–Trinajstić information content (AvgIpc) is 2.88. The highest BCUT2D eigenvalue weighted by molar-refractivity contribution is 5.92. The van der Waals surface area contributed by atoms with Gasteiger partial charge in [-0.2, -0.15) is 0 Å². The lowest BCUT2D eigenvalue weighted by Crippen LogP contribution is -2.51. The highest BCUT2D eigenvalue weighted by atomic mass is 16.4. The number of hydrogen-bond donors (Lipinski definition) is 4. The van der Waals surface area contributed by atoms with Crippen LogP contribution in [0.5, 0.6) is 0 Å². The van der Waals surface area contributed by atoms with Crippen LogP contribution < -0.4 is 16.4 Å². The third-order valence-electron chi connectivity index (χ3n) is 6.51. The minimum absolute atomic E-state index is 0.114. The molecule has 5 N–H and O–H groups in total. The average molecular weight is 539 g/mol. The number of carboxylic acid groups (broad SMARTS) is 1. The molecule has 38 heavy (non-hydrogen) atoms.